The highest BCUT2D eigenvalue weighted by atomic mass is 19.4. The topological polar surface area (TPSA) is 70.7 Å². The number of carbonyl (C=O) groups is 2. The average molecular weight is 455 g/mol. The number of allylic oxidation sites excluding steroid dienone is 2. The summed E-state index contributed by atoms with van der Waals surface area (Å²) in [6.45, 7) is 13.1. The average Bonchev–Trinajstić information content (AvgIpc) is 2.64. The maximum Gasteiger partial charge on any atom is 0.418 e. The van der Waals surface area contributed by atoms with Crippen molar-refractivity contribution in [1.82, 2.24) is 5.32 Å². The molecule has 0 radical (unpaired) electrons. The van der Waals surface area contributed by atoms with Crippen LogP contribution in [0.4, 0.5) is 33.7 Å². The second-order valence-corrected chi connectivity index (χ2v) is 8.15. The first kappa shape index (κ1) is 25.0. The first-order valence-corrected chi connectivity index (χ1v) is 9.64. The molecule has 3 amide bonds. The number of nitrogens with zero attached hydrogens (tertiary/aromatic N) is 1. The van der Waals surface area contributed by atoms with Crippen LogP contribution in [-0.4, -0.2) is 30.1 Å². The van der Waals surface area contributed by atoms with Crippen molar-refractivity contribution in [2.75, 3.05) is 16.8 Å². The Labute approximate surface area is 183 Å². The lowest BCUT2D eigenvalue weighted by atomic mass is 10.0. The Morgan fingerprint density at radius 1 is 1.28 bits per heavy atom. The van der Waals surface area contributed by atoms with Crippen molar-refractivity contribution in [2.45, 2.75) is 45.5 Å². The first-order chi connectivity index (χ1) is 14.7. The third-order valence-corrected chi connectivity index (χ3v) is 4.37. The molecule has 1 aromatic carbocycles. The number of benzene rings is 1. The van der Waals surface area contributed by atoms with Crippen molar-refractivity contribution < 1.29 is 31.9 Å². The Morgan fingerprint density at radius 3 is 2.41 bits per heavy atom. The number of fused-ring (bicyclic) bond motifs is 1. The Bertz CT molecular complexity index is 978. The molecular formula is C22H25F4N3O3. The number of hydrogen-bond acceptors (Lipinski definition) is 3. The molecule has 0 spiro atoms. The molecule has 0 aliphatic carbocycles. The van der Waals surface area contributed by atoms with E-state index in [1.165, 1.54) is 25.2 Å². The summed E-state index contributed by atoms with van der Waals surface area (Å²) in [7, 11) is 0. The van der Waals surface area contributed by atoms with Crippen molar-refractivity contribution in [3.05, 3.63) is 54.4 Å². The molecule has 2 rings (SSSR count). The van der Waals surface area contributed by atoms with Crippen LogP contribution in [0, 0.1) is 5.82 Å². The second-order valence-electron chi connectivity index (χ2n) is 8.15. The molecule has 174 valence electrons. The molecule has 10 heteroatoms. The minimum atomic E-state index is -5.03. The molecule has 2 N–H and O–H groups in total. The summed E-state index contributed by atoms with van der Waals surface area (Å²) in [5, 5.41) is 4.34. The Hall–Kier alpha value is -3.30. The van der Waals surface area contributed by atoms with Crippen LogP contribution in [0.1, 0.15) is 33.3 Å². The quantitative estimate of drug-likeness (QED) is 0.475. The van der Waals surface area contributed by atoms with E-state index in [2.05, 4.69) is 18.5 Å². The largest absolute Gasteiger partial charge is 0.476 e. The fraction of sp³-hybridized carbons (Fsp3) is 0.364. The van der Waals surface area contributed by atoms with Crippen molar-refractivity contribution in [3.63, 3.8) is 0 Å². The highest BCUT2D eigenvalue weighted by molar-refractivity contribution is 6.01. The highest BCUT2D eigenvalue weighted by Gasteiger charge is 2.42. The highest BCUT2D eigenvalue weighted by Crippen LogP contribution is 2.47. The Morgan fingerprint density at radius 2 is 1.91 bits per heavy atom. The maximum atomic E-state index is 15.3. The zero-order valence-corrected chi connectivity index (χ0v) is 18.2. The summed E-state index contributed by atoms with van der Waals surface area (Å²) in [5.41, 5.74) is -3.27. The van der Waals surface area contributed by atoms with Gasteiger partial charge in [-0.2, -0.15) is 13.2 Å². The molecule has 0 fully saturated rings. The molecule has 1 atom stereocenters. The predicted molar refractivity (Wildman–Crippen MR) is 114 cm³/mol. The van der Waals surface area contributed by atoms with Gasteiger partial charge < -0.3 is 20.3 Å². The summed E-state index contributed by atoms with van der Waals surface area (Å²) in [6, 6.07) is -0.440. The fourth-order valence-electron chi connectivity index (χ4n) is 3.01. The van der Waals surface area contributed by atoms with Gasteiger partial charge in [0.05, 0.1) is 23.5 Å². The number of amides is 3. The van der Waals surface area contributed by atoms with E-state index >= 15 is 4.39 Å². The molecular weight excluding hydrogens is 430 g/mol. The van der Waals surface area contributed by atoms with E-state index in [-0.39, 0.29) is 6.54 Å². The summed E-state index contributed by atoms with van der Waals surface area (Å²) < 4.78 is 62.1. The van der Waals surface area contributed by atoms with Crippen LogP contribution in [0.3, 0.4) is 0 Å². The zero-order valence-electron chi connectivity index (χ0n) is 18.2. The number of ether oxygens (including phenoxy) is 1. The van der Waals surface area contributed by atoms with Gasteiger partial charge in [-0.05, 0) is 39.3 Å². The summed E-state index contributed by atoms with van der Waals surface area (Å²) in [5.74, 6) is -2.66. The van der Waals surface area contributed by atoms with Gasteiger partial charge in [-0.3, -0.25) is 4.79 Å². The number of anilines is 2. The van der Waals surface area contributed by atoms with Gasteiger partial charge in [0.2, 0.25) is 0 Å². The van der Waals surface area contributed by atoms with Crippen molar-refractivity contribution in [2.24, 2.45) is 0 Å². The van der Waals surface area contributed by atoms with E-state index in [4.69, 9.17) is 4.74 Å². The minimum absolute atomic E-state index is 0.178. The van der Waals surface area contributed by atoms with E-state index in [0.29, 0.717) is 11.6 Å². The molecule has 1 aromatic rings. The smallest absolute Gasteiger partial charge is 0.418 e. The maximum absolute atomic E-state index is 15.3. The molecule has 0 saturated carbocycles. The summed E-state index contributed by atoms with van der Waals surface area (Å²) in [4.78, 5) is 25.8. The second kappa shape index (κ2) is 9.05. The van der Waals surface area contributed by atoms with E-state index < -0.39 is 58.3 Å². The number of hydrogen-bond donors (Lipinski definition) is 2. The summed E-state index contributed by atoms with van der Waals surface area (Å²) >= 11 is 0. The Balaban J connectivity index is 2.67. The third-order valence-electron chi connectivity index (χ3n) is 4.37. The lowest BCUT2D eigenvalue weighted by molar-refractivity contribution is -0.137. The van der Waals surface area contributed by atoms with Gasteiger partial charge in [0.1, 0.15) is 0 Å². The molecule has 1 aliphatic heterocycles. The predicted octanol–water partition coefficient (Wildman–Crippen LogP) is 5.18. The van der Waals surface area contributed by atoms with E-state index in [9.17, 15) is 22.8 Å². The van der Waals surface area contributed by atoms with E-state index in [0.717, 1.165) is 4.90 Å². The van der Waals surface area contributed by atoms with Gasteiger partial charge in [0.15, 0.2) is 17.7 Å². The van der Waals surface area contributed by atoms with Gasteiger partial charge in [-0.25, -0.2) is 9.18 Å². The molecule has 32 heavy (non-hydrogen) atoms. The molecule has 1 unspecified atom stereocenters. The lowest BCUT2D eigenvalue weighted by Crippen LogP contribution is -2.46. The number of rotatable bonds is 5. The van der Waals surface area contributed by atoms with E-state index in [1.807, 2.05) is 5.32 Å². The van der Waals surface area contributed by atoms with E-state index in [1.54, 1.807) is 20.8 Å². The van der Waals surface area contributed by atoms with Crippen molar-refractivity contribution >= 4 is 23.3 Å². The van der Waals surface area contributed by atoms with Crippen LogP contribution in [0.25, 0.3) is 0 Å². The van der Waals surface area contributed by atoms with Crippen LogP contribution in [0.2, 0.25) is 0 Å². The minimum Gasteiger partial charge on any atom is -0.476 e. The Kier molecular flexibility index (Phi) is 7.06. The van der Waals surface area contributed by atoms with Gasteiger partial charge in [-0.15, -0.1) is 0 Å². The fourth-order valence-corrected chi connectivity index (χ4v) is 3.01. The van der Waals surface area contributed by atoms with Gasteiger partial charge in [-0.1, -0.05) is 31.4 Å². The lowest BCUT2D eigenvalue weighted by Gasteiger charge is -2.34. The number of halogens is 4. The third kappa shape index (κ3) is 5.49. The zero-order chi connectivity index (χ0) is 24.4. The van der Waals surface area contributed by atoms with Crippen LogP contribution >= 0.6 is 0 Å². The number of urea groups is 1. The molecule has 0 bridgehead atoms. The molecule has 1 aliphatic rings. The molecule has 0 aromatic heterocycles. The van der Waals surface area contributed by atoms with Crippen LogP contribution in [0.5, 0.6) is 5.75 Å². The van der Waals surface area contributed by atoms with Gasteiger partial charge >= 0.3 is 12.2 Å². The molecule has 1 heterocycles. The molecule has 6 nitrogen and oxygen atoms in total. The molecule has 0 saturated heterocycles. The van der Waals surface area contributed by atoms with Crippen LogP contribution in [-0.2, 0) is 11.0 Å². The van der Waals surface area contributed by atoms with Crippen LogP contribution < -0.4 is 20.3 Å². The monoisotopic (exact) mass is 455 g/mol. The standard InChI is InChI=1S/C22H25F4N3O3/c1-7-9-13(8-2)11-29-15-10-14(22(24,25)26)17(27-20(31)28-21(4,5)6)16(23)18(15)32-12(3)19(29)30/h7-10,12H,1-2,11H2,3-6H3,(H2,27,28,31)/b13-9+. The SMILES string of the molecule is C=C/C=C(\C=C)CN1C(=O)C(C)Oc2c1cc(C(F)(F)F)c(NC(=O)NC(C)(C)C)c2F. The van der Waals surface area contributed by atoms with Gasteiger partial charge in [0, 0.05) is 5.54 Å². The number of alkyl halides is 3. The van der Waals surface area contributed by atoms with Crippen molar-refractivity contribution in [3.8, 4) is 5.75 Å². The van der Waals surface area contributed by atoms with Crippen LogP contribution in [0.15, 0.2) is 43.0 Å². The van der Waals surface area contributed by atoms with Gasteiger partial charge in [0.25, 0.3) is 5.91 Å². The number of nitrogens with one attached hydrogen (secondary N) is 2. The number of carbonyl (C=O) groups excluding carboxylic acids is 2. The van der Waals surface area contributed by atoms with Crippen molar-refractivity contribution in [1.29, 1.82) is 0 Å². The first-order valence-electron chi connectivity index (χ1n) is 9.64. The summed E-state index contributed by atoms with van der Waals surface area (Å²) in [6.07, 6.45) is -1.85. The normalized spacial score (nSPS) is 16.8.